The van der Waals surface area contributed by atoms with Crippen molar-refractivity contribution in [1.82, 2.24) is 10.2 Å². The summed E-state index contributed by atoms with van der Waals surface area (Å²) in [5, 5.41) is 2.89. The van der Waals surface area contributed by atoms with E-state index in [9.17, 15) is 14.4 Å². The highest BCUT2D eigenvalue weighted by atomic mass is 16.5. The third-order valence-corrected chi connectivity index (χ3v) is 5.90. The summed E-state index contributed by atoms with van der Waals surface area (Å²) in [5.74, 6) is -0.685. The van der Waals surface area contributed by atoms with E-state index in [0.717, 1.165) is 58.0 Å². The Labute approximate surface area is 159 Å². The predicted molar refractivity (Wildman–Crippen MR) is 99.7 cm³/mol. The van der Waals surface area contributed by atoms with Crippen LogP contribution in [0.5, 0.6) is 0 Å². The molecule has 0 bridgehead atoms. The molecule has 27 heavy (non-hydrogen) atoms. The maximum atomic E-state index is 12.8. The van der Waals surface area contributed by atoms with Crippen LogP contribution < -0.4 is 5.32 Å². The molecule has 2 heterocycles. The minimum Gasteiger partial charge on any atom is -0.378 e. The van der Waals surface area contributed by atoms with E-state index in [-0.39, 0.29) is 29.9 Å². The second-order valence-electron chi connectivity index (χ2n) is 7.71. The zero-order valence-electron chi connectivity index (χ0n) is 15.5. The molecule has 6 nitrogen and oxygen atoms in total. The van der Waals surface area contributed by atoms with Crippen LogP contribution in [0.3, 0.4) is 0 Å². The SMILES string of the molecule is O=C(NCC[C@@H]1CCCO1)c1ccc2c(c1)C(=O)N(C1CCCCC1)C2=O. The van der Waals surface area contributed by atoms with Gasteiger partial charge in [0.25, 0.3) is 17.7 Å². The van der Waals surface area contributed by atoms with E-state index in [1.165, 1.54) is 4.90 Å². The van der Waals surface area contributed by atoms with E-state index in [1.54, 1.807) is 18.2 Å². The van der Waals surface area contributed by atoms with Gasteiger partial charge >= 0.3 is 0 Å². The van der Waals surface area contributed by atoms with E-state index in [4.69, 9.17) is 4.74 Å². The van der Waals surface area contributed by atoms with Gasteiger partial charge in [0.2, 0.25) is 0 Å². The van der Waals surface area contributed by atoms with Crippen LogP contribution in [0, 0.1) is 0 Å². The number of hydrogen-bond donors (Lipinski definition) is 1. The molecular weight excluding hydrogens is 344 g/mol. The first-order chi connectivity index (χ1) is 13.1. The molecule has 1 aromatic rings. The van der Waals surface area contributed by atoms with Crippen molar-refractivity contribution in [3.05, 3.63) is 34.9 Å². The van der Waals surface area contributed by atoms with Crippen LogP contribution in [0.15, 0.2) is 18.2 Å². The van der Waals surface area contributed by atoms with E-state index in [1.807, 2.05) is 0 Å². The molecule has 1 saturated heterocycles. The topological polar surface area (TPSA) is 75.7 Å². The monoisotopic (exact) mass is 370 g/mol. The minimum absolute atomic E-state index is 0.00478. The Morgan fingerprint density at radius 3 is 2.56 bits per heavy atom. The molecule has 0 unspecified atom stereocenters. The summed E-state index contributed by atoms with van der Waals surface area (Å²) in [6, 6.07) is 4.82. The lowest BCUT2D eigenvalue weighted by atomic mass is 9.94. The van der Waals surface area contributed by atoms with Gasteiger partial charge in [0.15, 0.2) is 0 Å². The zero-order chi connectivity index (χ0) is 18.8. The van der Waals surface area contributed by atoms with E-state index < -0.39 is 0 Å². The number of benzene rings is 1. The molecule has 1 aliphatic carbocycles. The van der Waals surface area contributed by atoms with Crippen molar-refractivity contribution in [3.63, 3.8) is 0 Å². The fourth-order valence-electron chi connectivity index (χ4n) is 4.39. The number of carbonyl (C=O) groups is 3. The van der Waals surface area contributed by atoms with Gasteiger partial charge in [-0.3, -0.25) is 19.3 Å². The quantitative estimate of drug-likeness (QED) is 0.809. The summed E-state index contributed by atoms with van der Waals surface area (Å²) in [4.78, 5) is 39.4. The number of imide groups is 1. The van der Waals surface area contributed by atoms with E-state index in [2.05, 4.69) is 5.32 Å². The zero-order valence-corrected chi connectivity index (χ0v) is 15.5. The van der Waals surface area contributed by atoms with Gasteiger partial charge in [0, 0.05) is 24.8 Å². The fourth-order valence-corrected chi connectivity index (χ4v) is 4.39. The van der Waals surface area contributed by atoms with E-state index >= 15 is 0 Å². The normalized spacial score (nSPS) is 23.0. The van der Waals surface area contributed by atoms with Gasteiger partial charge in [-0.15, -0.1) is 0 Å². The van der Waals surface area contributed by atoms with Crippen molar-refractivity contribution in [1.29, 1.82) is 0 Å². The molecular formula is C21H26N2O4. The number of amides is 3. The Bertz CT molecular complexity index is 749. The summed E-state index contributed by atoms with van der Waals surface area (Å²) in [7, 11) is 0. The first kappa shape index (κ1) is 18.2. The van der Waals surface area contributed by atoms with E-state index in [0.29, 0.717) is 23.2 Å². The lowest BCUT2D eigenvalue weighted by molar-refractivity contribution is 0.0548. The molecule has 1 atom stereocenters. The Morgan fingerprint density at radius 1 is 1.04 bits per heavy atom. The molecule has 1 N–H and O–H groups in total. The molecule has 2 aliphatic heterocycles. The number of nitrogens with one attached hydrogen (secondary N) is 1. The summed E-state index contributed by atoms with van der Waals surface area (Å²) in [6.07, 6.45) is 8.17. The molecule has 1 aromatic carbocycles. The van der Waals surface area contributed by atoms with Gasteiger partial charge in [-0.25, -0.2) is 0 Å². The number of fused-ring (bicyclic) bond motifs is 1. The lowest BCUT2D eigenvalue weighted by Crippen LogP contribution is -2.40. The van der Waals surface area contributed by atoms with Crippen molar-refractivity contribution >= 4 is 17.7 Å². The van der Waals surface area contributed by atoms with Gasteiger partial charge in [-0.1, -0.05) is 19.3 Å². The Kier molecular flexibility index (Phi) is 5.25. The number of nitrogens with zero attached hydrogens (tertiary/aromatic N) is 1. The average Bonchev–Trinajstić information content (AvgIpc) is 3.29. The maximum absolute atomic E-state index is 12.8. The molecule has 1 saturated carbocycles. The second kappa shape index (κ2) is 7.80. The van der Waals surface area contributed by atoms with Crippen molar-refractivity contribution in [2.24, 2.45) is 0 Å². The molecule has 0 spiro atoms. The lowest BCUT2D eigenvalue weighted by Gasteiger charge is -2.29. The van der Waals surface area contributed by atoms with Crippen LogP contribution in [-0.4, -0.2) is 47.9 Å². The number of carbonyl (C=O) groups excluding carboxylic acids is 3. The van der Waals surface area contributed by atoms with Crippen LogP contribution in [0.4, 0.5) is 0 Å². The molecule has 2 fully saturated rings. The number of rotatable bonds is 5. The van der Waals surface area contributed by atoms with Gasteiger partial charge in [-0.2, -0.15) is 0 Å². The van der Waals surface area contributed by atoms with Crippen LogP contribution in [0.25, 0.3) is 0 Å². The van der Waals surface area contributed by atoms with Gasteiger partial charge < -0.3 is 10.1 Å². The average molecular weight is 370 g/mol. The number of ether oxygens (including phenoxy) is 1. The van der Waals surface area contributed by atoms with Crippen molar-refractivity contribution < 1.29 is 19.1 Å². The Balaban J connectivity index is 1.43. The molecule has 3 aliphatic rings. The maximum Gasteiger partial charge on any atom is 0.261 e. The fraction of sp³-hybridized carbons (Fsp3) is 0.571. The predicted octanol–water partition coefficient (Wildman–Crippen LogP) is 2.91. The molecule has 0 aromatic heterocycles. The molecule has 144 valence electrons. The second-order valence-corrected chi connectivity index (χ2v) is 7.71. The first-order valence-electron chi connectivity index (χ1n) is 10.1. The molecule has 6 heteroatoms. The standard InChI is InChI=1S/C21H26N2O4/c24-19(22-11-10-16-7-4-12-27-16)14-8-9-17-18(13-14)21(26)23(20(17)25)15-5-2-1-3-6-15/h8-9,13,15-16H,1-7,10-12H2,(H,22,24)/t16-/m0/s1. The highest BCUT2D eigenvalue weighted by molar-refractivity contribution is 6.22. The minimum atomic E-state index is -0.254. The highest BCUT2D eigenvalue weighted by Gasteiger charge is 2.40. The third-order valence-electron chi connectivity index (χ3n) is 5.90. The molecule has 3 amide bonds. The van der Waals surface area contributed by atoms with Crippen LogP contribution in [-0.2, 0) is 4.74 Å². The molecule has 0 radical (unpaired) electrons. The first-order valence-corrected chi connectivity index (χ1v) is 10.1. The summed E-state index contributed by atoms with van der Waals surface area (Å²) >= 11 is 0. The van der Waals surface area contributed by atoms with Crippen molar-refractivity contribution in [3.8, 4) is 0 Å². The summed E-state index contributed by atoms with van der Waals surface area (Å²) < 4.78 is 5.56. The van der Waals surface area contributed by atoms with Crippen LogP contribution in [0.1, 0.15) is 82.4 Å². The van der Waals surface area contributed by atoms with Crippen molar-refractivity contribution in [2.75, 3.05) is 13.2 Å². The van der Waals surface area contributed by atoms with Gasteiger partial charge in [0.05, 0.1) is 17.2 Å². The third kappa shape index (κ3) is 3.63. The smallest absolute Gasteiger partial charge is 0.261 e. The Hall–Kier alpha value is -2.21. The van der Waals surface area contributed by atoms with Gasteiger partial charge in [0.1, 0.15) is 0 Å². The van der Waals surface area contributed by atoms with Crippen LogP contribution in [0.2, 0.25) is 0 Å². The summed E-state index contributed by atoms with van der Waals surface area (Å²) in [6.45, 7) is 1.35. The highest BCUT2D eigenvalue weighted by Crippen LogP contribution is 2.31. The largest absolute Gasteiger partial charge is 0.378 e. The van der Waals surface area contributed by atoms with Crippen molar-refractivity contribution in [2.45, 2.75) is 63.5 Å². The van der Waals surface area contributed by atoms with Crippen LogP contribution >= 0.6 is 0 Å². The Morgan fingerprint density at radius 2 is 1.81 bits per heavy atom. The van der Waals surface area contributed by atoms with Gasteiger partial charge in [-0.05, 0) is 50.3 Å². The summed E-state index contributed by atoms with van der Waals surface area (Å²) in [5.41, 5.74) is 1.20. The molecule has 4 rings (SSSR count). The number of hydrogen-bond acceptors (Lipinski definition) is 4.